The molecule has 0 radical (unpaired) electrons. The Morgan fingerprint density at radius 1 is 1.21 bits per heavy atom. The average molecular weight is 187 g/mol. The fraction of sp³-hybridized carbons (Fsp3) is 0.182. The summed E-state index contributed by atoms with van der Waals surface area (Å²) in [6.45, 7) is 4.11. The topological polar surface area (TPSA) is 43.8 Å². The number of hydrogen-bond acceptors (Lipinski definition) is 2. The molecule has 0 bridgehead atoms. The van der Waals surface area contributed by atoms with Crippen molar-refractivity contribution in [3.8, 4) is 5.69 Å². The van der Waals surface area contributed by atoms with Gasteiger partial charge in [-0.25, -0.2) is 4.68 Å². The molecule has 0 amide bonds. The molecule has 0 aliphatic heterocycles. The summed E-state index contributed by atoms with van der Waals surface area (Å²) in [5, 5.41) is 4.18. The second-order valence-electron chi connectivity index (χ2n) is 3.46. The summed E-state index contributed by atoms with van der Waals surface area (Å²) in [5.74, 6) is 0.665. The van der Waals surface area contributed by atoms with Gasteiger partial charge in [-0.3, -0.25) is 0 Å². The van der Waals surface area contributed by atoms with E-state index in [0.717, 1.165) is 5.69 Å². The molecule has 0 saturated carbocycles. The number of aryl methyl sites for hydroxylation is 2. The average Bonchev–Trinajstić information content (AvgIpc) is 2.56. The SMILES string of the molecule is Cc1ccc(C)c(-n2nccc2N)c1. The first kappa shape index (κ1) is 8.81. The van der Waals surface area contributed by atoms with Crippen molar-refractivity contribution < 1.29 is 0 Å². The number of aromatic nitrogens is 2. The second kappa shape index (κ2) is 3.18. The predicted octanol–water partition coefficient (Wildman–Crippen LogP) is 2.07. The standard InChI is InChI=1S/C11H13N3/c1-8-3-4-9(2)10(7-8)14-11(12)5-6-13-14/h3-7H,12H2,1-2H3. The largest absolute Gasteiger partial charge is 0.384 e. The molecule has 1 heterocycles. The summed E-state index contributed by atoms with van der Waals surface area (Å²) in [5.41, 5.74) is 9.22. The third-order valence-electron chi connectivity index (χ3n) is 2.26. The zero-order valence-corrected chi connectivity index (χ0v) is 8.36. The highest BCUT2D eigenvalue weighted by Crippen LogP contribution is 2.17. The molecule has 0 fully saturated rings. The highest BCUT2D eigenvalue weighted by molar-refractivity contribution is 5.47. The molecule has 3 nitrogen and oxygen atoms in total. The Hall–Kier alpha value is -1.77. The number of hydrogen-bond donors (Lipinski definition) is 1. The molecule has 0 spiro atoms. The lowest BCUT2D eigenvalue weighted by molar-refractivity contribution is 0.882. The first-order valence-electron chi connectivity index (χ1n) is 4.55. The number of nitrogen functional groups attached to an aromatic ring is 1. The van der Waals surface area contributed by atoms with E-state index in [1.807, 2.05) is 0 Å². The molecule has 1 aromatic heterocycles. The summed E-state index contributed by atoms with van der Waals surface area (Å²) >= 11 is 0. The monoisotopic (exact) mass is 187 g/mol. The van der Waals surface area contributed by atoms with Gasteiger partial charge in [-0.05, 0) is 31.0 Å². The van der Waals surface area contributed by atoms with Gasteiger partial charge in [0.05, 0.1) is 11.9 Å². The number of anilines is 1. The maximum Gasteiger partial charge on any atom is 0.127 e. The van der Waals surface area contributed by atoms with Gasteiger partial charge in [0.1, 0.15) is 5.82 Å². The maximum atomic E-state index is 5.79. The Kier molecular flexibility index (Phi) is 2.00. The first-order chi connectivity index (χ1) is 6.68. The van der Waals surface area contributed by atoms with Crippen LogP contribution in [0.4, 0.5) is 5.82 Å². The van der Waals surface area contributed by atoms with Crippen LogP contribution in [0.2, 0.25) is 0 Å². The third kappa shape index (κ3) is 1.37. The first-order valence-corrected chi connectivity index (χ1v) is 4.55. The van der Waals surface area contributed by atoms with Crippen molar-refractivity contribution in [2.24, 2.45) is 0 Å². The van der Waals surface area contributed by atoms with E-state index in [4.69, 9.17) is 5.73 Å². The quantitative estimate of drug-likeness (QED) is 0.742. The van der Waals surface area contributed by atoms with Crippen LogP contribution in [0.3, 0.4) is 0 Å². The lowest BCUT2D eigenvalue weighted by Crippen LogP contribution is -2.03. The van der Waals surface area contributed by atoms with Crippen molar-refractivity contribution in [1.29, 1.82) is 0 Å². The van der Waals surface area contributed by atoms with E-state index in [0.29, 0.717) is 5.82 Å². The van der Waals surface area contributed by atoms with E-state index in [1.165, 1.54) is 11.1 Å². The molecule has 2 rings (SSSR count). The maximum absolute atomic E-state index is 5.79. The molecule has 0 aliphatic rings. The Labute approximate surface area is 83.2 Å². The zero-order valence-electron chi connectivity index (χ0n) is 8.36. The molecule has 3 heteroatoms. The molecule has 2 N–H and O–H groups in total. The minimum Gasteiger partial charge on any atom is -0.384 e. The van der Waals surface area contributed by atoms with E-state index in [-0.39, 0.29) is 0 Å². The van der Waals surface area contributed by atoms with Crippen molar-refractivity contribution in [3.05, 3.63) is 41.6 Å². The minimum atomic E-state index is 0.665. The molecule has 0 atom stereocenters. The minimum absolute atomic E-state index is 0.665. The summed E-state index contributed by atoms with van der Waals surface area (Å²) in [4.78, 5) is 0. The fourth-order valence-electron chi connectivity index (χ4n) is 1.46. The van der Waals surface area contributed by atoms with E-state index in [9.17, 15) is 0 Å². The van der Waals surface area contributed by atoms with E-state index in [1.54, 1.807) is 16.9 Å². The molecule has 0 aliphatic carbocycles. The van der Waals surface area contributed by atoms with E-state index >= 15 is 0 Å². The van der Waals surface area contributed by atoms with Crippen LogP contribution < -0.4 is 5.73 Å². The molecule has 1 aromatic carbocycles. The van der Waals surface area contributed by atoms with Gasteiger partial charge in [0, 0.05) is 6.07 Å². The summed E-state index contributed by atoms with van der Waals surface area (Å²) in [7, 11) is 0. The summed E-state index contributed by atoms with van der Waals surface area (Å²) < 4.78 is 1.75. The van der Waals surface area contributed by atoms with Crippen LogP contribution in [-0.4, -0.2) is 9.78 Å². The molecule has 0 unspecified atom stereocenters. The van der Waals surface area contributed by atoms with Gasteiger partial charge < -0.3 is 5.73 Å². The van der Waals surface area contributed by atoms with Gasteiger partial charge >= 0.3 is 0 Å². The van der Waals surface area contributed by atoms with Crippen LogP contribution in [0.15, 0.2) is 30.5 Å². The number of benzene rings is 1. The van der Waals surface area contributed by atoms with Gasteiger partial charge in [0.25, 0.3) is 0 Å². The zero-order chi connectivity index (χ0) is 10.1. The molecular weight excluding hydrogens is 174 g/mol. The van der Waals surface area contributed by atoms with Gasteiger partial charge in [-0.15, -0.1) is 0 Å². The number of rotatable bonds is 1. The van der Waals surface area contributed by atoms with Gasteiger partial charge in [0.2, 0.25) is 0 Å². The van der Waals surface area contributed by atoms with Crippen molar-refractivity contribution >= 4 is 5.82 Å². The van der Waals surface area contributed by atoms with Crippen LogP contribution >= 0.6 is 0 Å². The van der Waals surface area contributed by atoms with Crippen molar-refractivity contribution in [2.75, 3.05) is 5.73 Å². The second-order valence-corrected chi connectivity index (χ2v) is 3.46. The summed E-state index contributed by atoms with van der Waals surface area (Å²) in [6.07, 6.45) is 1.71. The summed E-state index contributed by atoms with van der Waals surface area (Å²) in [6, 6.07) is 8.03. The van der Waals surface area contributed by atoms with Crippen LogP contribution in [0.25, 0.3) is 5.69 Å². The van der Waals surface area contributed by atoms with Gasteiger partial charge in [-0.1, -0.05) is 12.1 Å². The third-order valence-corrected chi connectivity index (χ3v) is 2.26. The van der Waals surface area contributed by atoms with E-state index in [2.05, 4.69) is 37.1 Å². The molecule has 14 heavy (non-hydrogen) atoms. The Morgan fingerprint density at radius 3 is 2.64 bits per heavy atom. The number of nitrogens with zero attached hydrogens (tertiary/aromatic N) is 2. The van der Waals surface area contributed by atoms with Crippen molar-refractivity contribution in [1.82, 2.24) is 9.78 Å². The Morgan fingerprint density at radius 2 is 2.00 bits per heavy atom. The lowest BCUT2D eigenvalue weighted by Gasteiger charge is -2.08. The van der Waals surface area contributed by atoms with Crippen LogP contribution in [0.5, 0.6) is 0 Å². The highest BCUT2D eigenvalue weighted by Gasteiger charge is 2.04. The van der Waals surface area contributed by atoms with Gasteiger partial charge in [0.15, 0.2) is 0 Å². The van der Waals surface area contributed by atoms with Crippen molar-refractivity contribution in [2.45, 2.75) is 13.8 Å². The highest BCUT2D eigenvalue weighted by atomic mass is 15.3. The molecule has 2 aromatic rings. The molecule has 72 valence electrons. The lowest BCUT2D eigenvalue weighted by atomic mass is 10.1. The molecular formula is C11H13N3. The molecule has 0 saturated heterocycles. The van der Waals surface area contributed by atoms with Crippen LogP contribution in [0, 0.1) is 13.8 Å². The van der Waals surface area contributed by atoms with Crippen LogP contribution in [0.1, 0.15) is 11.1 Å². The normalized spacial score (nSPS) is 10.4. The predicted molar refractivity (Wildman–Crippen MR) is 57.5 cm³/mol. The smallest absolute Gasteiger partial charge is 0.127 e. The van der Waals surface area contributed by atoms with Crippen molar-refractivity contribution in [3.63, 3.8) is 0 Å². The Bertz CT molecular complexity index is 457. The van der Waals surface area contributed by atoms with Gasteiger partial charge in [-0.2, -0.15) is 5.10 Å². The fourth-order valence-corrected chi connectivity index (χ4v) is 1.46. The number of nitrogens with two attached hydrogens (primary N) is 1. The van der Waals surface area contributed by atoms with Crippen LogP contribution in [-0.2, 0) is 0 Å². The Balaban J connectivity index is 2.62. The van der Waals surface area contributed by atoms with E-state index < -0.39 is 0 Å².